The fourth-order valence-corrected chi connectivity index (χ4v) is 2.06. The first kappa shape index (κ1) is 15.1. The van der Waals surface area contributed by atoms with E-state index in [1.807, 2.05) is 20.9 Å². The average Bonchev–Trinajstić information content (AvgIpc) is 2.37. The summed E-state index contributed by atoms with van der Waals surface area (Å²) in [6.45, 7) is 4.37. The maximum Gasteiger partial charge on any atom is 0.226 e. The Kier molecular flexibility index (Phi) is 5.69. The monoisotopic (exact) mass is 266 g/mol. The van der Waals surface area contributed by atoms with E-state index in [2.05, 4.69) is 30.5 Å². The highest BCUT2D eigenvalue weighted by atomic mass is 32.2. The van der Waals surface area contributed by atoms with Gasteiger partial charge in [0.1, 0.15) is 0 Å². The van der Waals surface area contributed by atoms with Crippen molar-refractivity contribution in [3.05, 3.63) is 29.8 Å². The standard InChI is InChI=1S/C14H22N2OS/c1-10(11(2)15)14(17)16(3)9-12-5-7-13(18-4)8-6-12/h5-8,10-11H,9,15H2,1-4H3. The van der Waals surface area contributed by atoms with Crippen molar-refractivity contribution in [1.29, 1.82) is 0 Å². The van der Waals surface area contributed by atoms with Crippen molar-refractivity contribution in [2.24, 2.45) is 11.7 Å². The molecule has 1 aromatic carbocycles. The van der Waals surface area contributed by atoms with Crippen LogP contribution in [0.4, 0.5) is 0 Å². The van der Waals surface area contributed by atoms with Crippen LogP contribution in [0, 0.1) is 5.92 Å². The number of amides is 1. The lowest BCUT2D eigenvalue weighted by Gasteiger charge is -2.23. The lowest BCUT2D eigenvalue weighted by atomic mass is 10.0. The Morgan fingerprint density at radius 2 is 1.89 bits per heavy atom. The molecule has 0 heterocycles. The van der Waals surface area contributed by atoms with E-state index in [-0.39, 0.29) is 17.9 Å². The molecule has 0 saturated carbocycles. The second-order valence-corrected chi connectivity index (χ2v) is 5.57. The number of thioether (sulfide) groups is 1. The molecule has 18 heavy (non-hydrogen) atoms. The minimum atomic E-state index is -0.138. The van der Waals surface area contributed by atoms with E-state index >= 15 is 0 Å². The third kappa shape index (κ3) is 4.03. The van der Waals surface area contributed by atoms with Crippen LogP contribution in [0.3, 0.4) is 0 Å². The van der Waals surface area contributed by atoms with Crippen molar-refractivity contribution < 1.29 is 4.79 Å². The highest BCUT2D eigenvalue weighted by Crippen LogP contribution is 2.16. The molecule has 4 heteroatoms. The smallest absolute Gasteiger partial charge is 0.226 e. The maximum absolute atomic E-state index is 12.1. The summed E-state index contributed by atoms with van der Waals surface area (Å²) in [7, 11) is 1.82. The summed E-state index contributed by atoms with van der Waals surface area (Å²) in [6, 6.07) is 8.16. The molecule has 3 nitrogen and oxygen atoms in total. The number of hydrogen-bond acceptors (Lipinski definition) is 3. The van der Waals surface area contributed by atoms with Crippen LogP contribution in [-0.4, -0.2) is 30.2 Å². The van der Waals surface area contributed by atoms with E-state index in [1.165, 1.54) is 4.90 Å². The van der Waals surface area contributed by atoms with Gasteiger partial charge in [-0.25, -0.2) is 0 Å². The van der Waals surface area contributed by atoms with Crippen molar-refractivity contribution in [1.82, 2.24) is 4.90 Å². The van der Waals surface area contributed by atoms with Crippen LogP contribution in [0.1, 0.15) is 19.4 Å². The molecule has 2 atom stereocenters. The Morgan fingerprint density at radius 3 is 2.33 bits per heavy atom. The Bertz CT molecular complexity index is 389. The molecule has 0 aliphatic heterocycles. The molecule has 2 unspecified atom stereocenters. The zero-order valence-corrected chi connectivity index (χ0v) is 12.3. The van der Waals surface area contributed by atoms with Gasteiger partial charge in [0.15, 0.2) is 0 Å². The summed E-state index contributed by atoms with van der Waals surface area (Å²) >= 11 is 1.71. The van der Waals surface area contributed by atoms with Crippen LogP contribution < -0.4 is 5.73 Å². The van der Waals surface area contributed by atoms with E-state index < -0.39 is 0 Å². The van der Waals surface area contributed by atoms with Gasteiger partial charge in [-0.1, -0.05) is 19.1 Å². The highest BCUT2D eigenvalue weighted by Gasteiger charge is 2.20. The zero-order valence-electron chi connectivity index (χ0n) is 11.5. The summed E-state index contributed by atoms with van der Waals surface area (Å²) in [6.07, 6.45) is 2.05. The maximum atomic E-state index is 12.1. The molecule has 2 N–H and O–H groups in total. The first-order chi connectivity index (χ1) is 8.45. The van der Waals surface area contributed by atoms with Gasteiger partial charge >= 0.3 is 0 Å². The Balaban J connectivity index is 2.63. The normalized spacial score (nSPS) is 14.1. The van der Waals surface area contributed by atoms with Crippen LogP contribution in [-0.2, 0) is 11.3 Å². The largest absolute Gasteiger partial charge is 0.341 e. The quantitative estimate of drug-likeness (QED) is 0.832. The van der Waals surface area contributed by atoms with Crippen LogP contribution in [0.25, 0.3) is 0 Å². The molecule has 1 rings (SSSR count). The predicted molar refractivity (Wildman–Crippen MR) is 77.5 cm³/mol. The molecule has 0 spiro atoms. The third-order valence-electron chi connectivity index (χ3n) is 3.13. The van der Waals surface area contributed by atoms with Crippen molar-refractivity contribution in [2.45, 2.75) is 31.3 Å². The van der Waals surface area contributed by atoms with Gasteiger partial charge < -0.3 is 10.6 Å². The number of rotatable bonds is 5. The Morgan fingerprint density at radius 1 is 1.33 bits per heavy atom. The van der Waals surface area contributed by atoms with Crippen LogP contribution >= 0.6 is 11.8 Å². The van der Waals surface area contributed by atoms with Gasteiger partial charge in [-0.3, -0.25) is 4.79 Å². The number of nitrogens with two attached hydrogens (primary N) is 1. The lowest BCUT2D eigenvalue weighted by molar-refractivity contribution is -0.134. The second-order valence-electron chi connectivity index (χ2n) is 4.69. The van der Waals surface area contributed by atoms with Gasteiger partial charge in [0.2, 0.25) is 5.91 Å². The van der Waals surface area contributed by atoms with Crippen LogP contribution in [0.5, 0.6) is 0 Å². The van der Waals surface area contributed by atoms with Crippen LogP contribution in [0.15, 0.2) is 29.2 Å². The molecule has 0 radical (unpaired) electrons. The predicted octanol–water partition coefficient (Wildman–Crippen LogP) is 2.35. The first-order valence-electron chi connectivity index (χ1n) is 6.09. The molecular weight excluding hydrogens is 244 g/mol. The number of carbonyl (C=O) groups is 1. The topological polar surface area (TPSA) is 46.3 Å². The molecular formula is C14H22N2OS. The van der Waals surface area contributed by atoms with Crippen LogP contribution in [0.2, 0.25) is 0 Å². The second kappa shape index (κ2) is 6.81. The lowest BCUT2D eigenvalue weighted by Crippen LogP contribution is -2.39. The molecule has 0 aromatic heterocycles. The number of hydrogen-bond donors (Lipinski definition) is 1. The van der Waals surface area contributed by atoms with Crippen molar-refractivity contribution in [3.8, 4) is 0 Å². The van der Waals surface area contributed by atoms with Gasteiger partial charge in [0.05, 0.1) is 5.92 Å². The summed E-state index contributed by atoms with van der Waals surface area (Å²) in [5.41, 5.74) is 6.90. The number of carbonyl (C=O) groups excluding carboxylic acids is 1. The van der Waals surface area contributed by atoms with E-state index in [0.29, 0.717) is 6.54 Å². The van der Waals surface area contributed by atoms with Crippen molar-refractivity contribution in [3.63, 3.8) is 0 Å². The van der Waals surface area contributed by atoms with Crippen molar-refractivity contribution in [2.75, 3.05) is 13.3 Å². The summed E-state index contributed by atoms with van der Waals surface area (Å²) < 4.78 is 0. The molecule has 0 aliphatic carbocycles. The Hall–Kier alpha value is -1.00. The fourth-order valence-electron chi connectivity index (χ4n) is 1.66. The fraction of sp³-hybridized carbons (Fsp3) is 0.500. The molecule has 0 fully saturated rings. The van der Waals surface area contributed by atoms with E-state index in [9.17, 15) is 4.79 Å². The minimum absolute atomic E-state index is 0.0962. The van der Waals surface area contributed by atoms with E-state index in [1.54, 1.807) is 16.7 Å². The number of nitrogens with zero attached hydrogens (tertiary/aromatic N) is 1. The van der Waals surface area contributed by atoms with Crippen molar-refractivity contribution >= 4 is 17.7 Å². The molecule has 0 saturated heterocycles. The molecule has 0 aliphatic rings. The molecule has 100 valence electrons. The molecule has 0 bridgehead atoms. The zero-order chi connectivity index (χ0) is 13.7. The SMILES string of the molecule is CSc1ccc(CN(C)C(=O)C(C)C(C)N)cc1. The first-order valence-corrected chi connectivity index (χ1v) is 7.31. The van der Waals surface area contributed by atoms with E-state index in [0.717, 1.165) is 5.56 Å². The van der Waals surface area contributed by atoms with Gasteiger partial charge in [-0.2, -0.15) is 0 Å². The third-order valence-corrected chi connectivity index (χ3v) is 3.88. The summed E-state index contributed by atoms with van der Waals surface area (Å²) in [5.74, 6) is -0.0422. The van der Waals surface area contributed by atoms with Gasteiger partial charge in [0.25, 0.3) is 0 Å². The molecule has 1 amide bonds. The minimum Gasteiger partial charge on any atom is -0.341 e. The average molecular weight is 266 g/mol. The number of benzene rings is 1. The summed E-state index contributed by atoms with van der Waals surface area (Å²) in [5, 5.41) is 0. The molecule has 1 aromatic rings. The highest BCUT2D eigenvalue weighted by molar-refractivity contribution is 7.98. The van der Waals surface area contributed by atoms with Gasteiger partial charge in [-0.05, 0) is 30.9 Å². The van der Waals surface area contributed by atoms with E-state index in [4.69, 9.17) is 5.73 Å². The van der Waals surface area contributed by atoms with Gasteiger partial charge in [-0.15, -0.1) is 11.8 Å². The summed E-state index contributed by atoms with van der Waals surface area (Å²) in [4.78, 5) is 15.0. The Labute approximate surface area is 114 Å². The van der Waals surface area contributed by atoms with Gasteiger partial charge in [0, 0.05) is 24.5 Å².